The molecule has 14 heteroatoms. The van der Waals surface area contributed by atoms with Crippen LogP contribution in [0.1, 0.15) is 50.5 Å². The second-order valence-electron chi connectivity index (χ2n) is 8.51. The monoisotopic (exact) mass is 552 g/mol. The fraction of sp³-hybridized carbons (Fsp3) is 0.478. The number of benzene rings is 1. The Kier molecular flexibility index (Phi) is 8.17. The Morgan fingerprint density at radius 2 is 1.76 bits per heavy atom. The van der Waals surface area contributed by atoms with Gasteiger partial charge in [-0.3, -0.25) is 9.29 Å². The molecule has 0 aliphatic carbocycles. The summed E-state index contributed by atoms with van der Waals surface area (Å²) in [5, 5.41) is 7.71. The van der Waals surface area contributed by atoms with E-state index in [4.69, 9.17) is 30.5 Å². The van der Waals surface area contributed by atoms with Crippen LogP contribution in [0.15, 0.2) is 30.6 Å². The minimum atomic E-state index is -4.11. The second-order valence-corrected chi connectivity index (χ2v) is 11.0. The molecule has 1 aliphatic heterocycles. The molecule has 3 aromatic rings. The first-order valence-electron chi connectivity index (χ1n) is 11.5. The Bertz CT molecular complexity index is 1310. The average Bonchev–Trinajstić information content (AvgIpc) is 3.50. The largest absolute Gasteiger partial charge is 0.494 e. The molecule has 1 fully saturated rings. The van der Waals surface area contributed by atoms with Crippen LogP contribution in [0.2, 0.25) is 5.02 Å². The molecular formula is C23H29ClN6O6S. The summed E-state index contributed by atoms with van der Waals surface area (Å²) in [4.78, 5) is 8.24. The van der Waals surface area contributed by atoms with Crippen molar-refractivity contribution in [1.29, 1.82) is 0 Å². The van der Waals surface area contributed by atoms with E-state index in [1.807, 2.05) is 6.92 Å². The molecule has 0 saturated carbocycles. The number of hydrogen-bond donors (Lipinski definition) is 1. The molecule has 0 unspecified atom stereocenters. The lowest BCUT2D eigenvalue weighted by Crippen LogP contribution is -2.33. The zero-order chi connectivity index (χ0) is 26.7. The highest BCUT2D eigenvalue weighted by Gasteiger charge is 2.36. The molecule has 0 amide bonds. The molecule has 0 radical (unpaired) electrons. The Hall–Kier alpha value is -3.00. The summed E-state index contributed by atoms with van der Waals surface area (Å²) in [6.07, 6.45) is 2.92. The second kappa shape index (κ2) is 11.2. The molecule has 12 nitrogen and oxygen atoms in total. The predicted molar refractivity (Wildman–Crippen MR) is 136 cm³/mol. The SMILES string of the molecule is COc1cccc(OC)c1-n1c(NS(=O)(=O)[C@@H](C)[C@H](OC)c2ncc(Cl)cn2)nnc1[C@@H]1CC[C@H](C)O1. The summed E-state index contributed by atoms with van der Waals surface area (Å²) in [7, 11) is 0.298. The van der Waals surface area contributed by atoms with Gasteiger partial charge in [-0.15, -0.1) is 10.2 Å². The van der Waals surface area contributed by atoms with E-state index in [1.165, 1.54) is 40.6 Å². The predicted octanol–water partition coefficient (Wildman–Crippen LogP) is 3.49. The van der Waals surface area contributed by atoms with Crippen molar-refractivity contribution in [1.82, 2.24) is 24.7 Å². The molecule has 1 aliphatic rings. The van der Waals surface area contributed by atoms with Crippen LogP contribution in [-0.4, -0.2) is 65.8 Å². The van der Waals surface area contributed by atoms with Gasteiger partial charge in [-0.1, -0.05) is 17.7 Å². The summed E-state index contributed by atoms with van der Waals surface area (Å²) in [6, 6.07) is 5.24. The molecule has 0 bridgehead atoms. The van der Waals surface area contributed by atoms with Gasteiger partial charge in [-0.25, -0.2) is 18.4 Å². The molecule has 0 spiro atoms. The van der Waals surface area contributed by atoms with Gasteiger partial charge >= 0.3 is 0 Å². The zero-order valence-corrected chi connectivity index (χ0v) is 22.7. The summed E-state index contributed by atoms with van der Waals surface area (Å²) < 4.78 is 53.9. The van der Waals surface area contributed by atoms with Gasteiger partial charge < -0.3 is 18.9 Å². The van der Waals surface area contributed by atoms with Crippen molar-refractivity contribution in [2.24, 2.45) is 0 Å². The third-order valence-electron chi connectivity index (χ3n) is 6.13. The molecule has 4 atom stereocenters. The van der Waals surface area contributed by atoms with E-state index in [0.29, 0.717) is 34.5 Å². The van der Waals surface area contributed by atoms with Crippen LogP contribution in [0.25, 0.3) is 5.69 Å². The number of nitrogens with zero attached hydrogens (tertiary/aromatic N) is 5. The van der Waals surface area contributed by atoms with Crippen molar-refractivity contribution in [3.63, 3.8) is 0 Å². The van der Waals surface area contributed by atoms with Crippen molar-refractivity contribution in [2.75, 3.05) is 26.1 Å². The van der Waals surface area contributed by atoms with Gasteiger partial charge in [0, 0.05) is 19.5 Å². The van der Waals surface area contributed by atoms with E-state index in [2.05, 4.69) is 24.9 Å². The van der Waals surface area contributed by atoms with Crippen LogP contribution < -0.4 is 14.2 Å². The molecule has 37 heavy (non-hydrogen) atoms. The fourth-order valence-corrected chi connectivity index (χ4v) is 5.42. The minimum absolute atomic E-state index is 0.0247. The molecule has 2 aromatic heterocycles. The molecule has 1 aromatic carbocycles. The van der Waals surface area contributed by atoms with E-state index < -0.39 is 27.5 Å². The number of anilines is 1. The van der Waals surface area contributed by atoms with Gasteiger partial charge in [0.25, 0.3) is 0 Å². The Balaban J connectivity index is 1.78. The smallest absolute Gasteiger partial charge is 0.243 e. The number of hydrogen-bond acceptors (Lipinski definition) is 10. The van der Waals surface area contributed by atoms with Crippen LogP contribution in [-0.2, 0) is 19.5 Å². The highest BCUT2D eigenvalue weighted by molar-refractivity contribution is 7.93. The molecule has 4 rings (SSSR count). The van der Waals surface area contributed by atoms with Gasteiger partial charge in [-0.2, -0.15) is 0 Å². The number of methoxy groups -OCH3 is 3. The van der Waals surface area contributed by atoms with E-state index in [-0.39, 0.29) is 17.9 Å². The number of halogens is 1. The fourth-order valence-electron chi connectivity index (χ4n) is 4.20. The van der Waals surface area contributed by atoms with Crippen molar-refractivity contribution in [3.05, 3.63) is 47.3 Å². The summed E-state index contributed by atoms with van der Waals surface area (Å²) in [5.41, 5.74) is 0.435. The number of rotatable bonds is 10. The van der Waals surface area contributed by atoms with Gasteiger partial charge in [0.05, 0.1) is 25.3 Å². The van der Waals surface area contributed by atoms with E-state index >= 15 is 0 Å². The van der Waals surface area contributed by atoms with Crippen LogP contribution in [0.4, 0.5) is 5.95 Å². The molecule has 1 N–H and O–H groups in total. The first-order valence-corrected chi connectivity index (χ1v) is 13.5. The number of sulfonamides is 1. The molecule has 1 saturated heterocycles. The molecule has 3 heterocycles. The maximum Gasteiger partial charge on any atom is 0.243 e. The third-order valence-corrected chi connectivity index (χ3v) is 8.02. The lowest BCUT2D eigenvalue weighted by molar-refractivity contribution is 0.0492. The standard InChI is InChI=1S/C23H29ClN6O6S/c1-13-9-10-18(36-13)22-27-28-23(30(22)19-16(33-3)7-6-8-17(19)34-4)29-37(31,32)14(2)20(35-5)21-25-11-15(24)12-26-21/h6-8,11-14,18,20H,9-10H2,1-5H3,(H,28,29)/t13-,14-,18-,20-/m0/s1. The highest BCUT2D eigenvalue weighted by atomic mass is 35.5. The number of ether oxygens (including phenoxy) is 4. The van der Waals surface area contributed by atoms with Crippen molar-refractivity contribution in [2.45, 2.75) is 50.3 Å². The topological polar surface area (TPSA) is 140 Å². The maximum absolute atomic E-state index is 13.6. The molecule has 200 valence electrons. The number of para-hydroxylation sites is 1. The molecular weight excluding hydrogens is 524 g/mol. The summed E-state index contributed by atoms with van der Waals surface area (Å²) >= 11 is 5.88. The maximum atomic E-state index is 13.6. The quantitative estimate of drug-likeness (QED) is 0.397. The lowest BCUT2D eigenvalue weighted by atomic mass is 10.2. The lowest BCUT2D eigenvalue weighted by Gasteiger charge is -2.23. The first kappa shape index (κ1) is 27.0. The van der Waals surface area contributed by atoms with Gasteiger partial charge in [-0.05, 0) is 38.8 Å². The van der Waals surface area contributed by atoms with Crippen LogP contribution in [0.3, 0.4) is 0 Å². The van der Waals surface area contributed by atoms with Crippen LogP contribution in [0.5, 0.6) is 11.5 Å². The van der Waals surface area contributed by atoms with E-state index in [0.717, 1.165) is 6.42 Å². The Labute approximate surface area is 220 Å². The van der Waals surface area contributed by atoms with Gasteiger partial charge in [0.2, 0.25) is 16.0 Å². The number of aromatic nitrogens is 5. The van der Waals surface area contributed by atoms with Crippen molar-refractivity contribution >= 4 is 27.6 Å². The summed E-state index contributed by atoms with van der Waals surface area (Å²) in [6.45, 7) is 3.46. The summed E-state index contributed by atoms with van der Waals surface area (Å²) in [5.74, 6) is 1.40. The van der Waals surface area contributed by atoms with E-state index in [9.17, 15) is 8.42 Å². The van der Waals surface area contributed by atoms with Crippen LogP contribution in [0, 0.1) is 0 Å². The van der Waals surface area contributed by atoms with Crippen LogP contribution >= 0.6 is 11.6 Å². The average molecular weight is 553 g/mol. The minimum Gasteiger partial charge on any atom is -0.494 e. The zero-order valence-electron chi connectivity index (χ0n) is 21.1. The van der Waals surface area contributed by atoms with Crippen molar-refractivity contribution < 1.29 is 27.4 Å². The Morgan fingerprint density at radius 1 is 1.11 bits per heavy atom. The number of nitrogens with one attached hydrogen (secondary N) is 1. The highest BCUT2D eigenvalue weighted by Crippen LogP contribution is 2.40. The third kappa shape index (κ3) is 5.49. The van der Waals surface area contributed by atoms with Gasteiger partial charge in [0.1, 0.15) is 34.6 Å². The van der Waals surface area contributed by atoms with Crippen molar-refractivity contribution in [3.8, 4) is 17.2 Å². The first-order chi connectivity index (χ1) is 17.7. The van der Waals surface area contributed by atoms with Gasteiger partial charge in [0.15, 0.2) is 11.6 Å². The normalized spacial score (nSPS) is 19.4. The van der Waals surface area contributed by atoms with E-state index in [1.54, 1.807) is 22.8 Å². The Morgan fingerprint density at radius 3 is 2.30 bits per heavy atom.